The quantitative estimate of drug-likeness (QED) is 0.645. The lowest BCUT2D eigenvalue weighted by Gasteiger charge is -2.20. The van der Waals surface area contributed by atoms with E-state index in [1.807, 2.05) is 11.8 Å². The number of hydrogen-bond donors (Lipinski definition) is 0. The molecule has 1 amide bonds. The number of carbonyl (C=O) groups is 1. The Bertz CT molecular complexity index is 182. The first kappa shape index (κ1) is 10.5. The highest BCUT2D eigenvalue weighted by molar-refractivity contribution is 5.80. The Hall–Kier alpha value is -0.570. The fourth-order valence-electron chi connectivity index (χ4n) is 1.57. The van der Waals surface area contributed by atoms with Crippen LogP contribution in [0, 0.1) is 5.92 Å². The number of carbonyl (C=O) groups excluding carboxylic acids is 1. The van der Waals surface area contributed by atoms with Gasteiger partial charge < -0.3 is 9.80 Å². The number of hydrogen-bond acceptors (Lipinski definition) is 2. The van der Waals surface area contributed by atoms with E-state index in [2.05, 4.69) is 18.9 Å². The van der Waals surface area contributed by atoms with Crippen LogP contribution in [0.25, 0.3) is 0 Å². The van der Waals surface area contributed by atoms with Gasteiger partial charge in [0.15, 0.2) is 0 Å². The van der Waals surface area contributed by atoms with Gasteiger partial charge in [0.2, 0.25) is 5.91 Å². The van der Waals surface area contributed by atoms with Crippen molar-refractivity contribution >= 4 is 5.91 Å². The van der Waals surface area contributed by atoms with Crippen LogP contribution in [-0.2, 0) is 4.79 Å². The van der Waals surface area contributed by atoms with E-state index >= 15 is 0 Å². The van der Waals surface area contributed by atoms with Gasteiger partial charge >= 0.3 is 0 Å². The van der Waals surface area contributed by atoms with Crippen molar-refractivity contribution in [1.29, 1.82) is 0 Å². The van der Waals surface area contributed by atoms with Gasteiger partial charge in [-0.25, -0.2) is 0 Å². The summed E-state index contributed by atoms with van der Waals surface area (Å²) in [6, 6.07) is 0. The van der Waals surface area contributed by atoms with E-state index in [1.165, 1.54) is 0 Å². The average molecular weight is 184 g/mol. The lowest BCUT2D eigenvalue weighted by atomic mass is 10.1. The van der Waals surface area contributed by atoms with Crippen LogP contribution >= 0.6 is 0 Å². The molecule has 0 saturated carbocycles. The van der Waals surface area contributed by atoms with Crippen LogP contribution in [-0.4, -0.2) is 48.9 Å². The van der Waals surface area contributed by atoms with E-state index in [9.17, 15) is 4.79 Å². The Morgan fingerprint density at radius 3 is 2.77 bits per heavy atom. The maximum absolute atomic E-state index is 11.5. The zero-order chi connectivity index (χ0) is 9.84. The zero-order valence-corrected chi connectivity index (χ0v) is 8.92. The number of likely N-dealkylation sites (N-methyl/N-ethyl adjacent to an activating group) is 1. The second-order valence-electron chi connectivity index (χ2n) is 3.91. The van der Waals surface area contributed by atoms with Gasteiger partial charge in [0.05, 0.1) is 0 Å². The van der Waals surface area contributed by atoms with Gasteiger partial charge in [-0.15, -0.1) is 0 Å². The van der Waals surface area contributed by atoms with Crippen molar-refractivity contribution in [3.8, 4) is 0 Å². The molecule has 1 atom stereocenters. The Kier molecular flexibility index (Phi) is 3.72. The van der Waals surface area contributed by atoms with Crippen molar-refractivity contribution in [3.05, 3.63) is 0 Å². The standard InChI is InChI=1S/C10H20N2O/c1-4-11(3)7-8-12-6-5-9(2)10(12)13/h9H,4-8H2,1-3H3. The van der Waals surface area contributed by atoms with Crippen LogP contribution in [0.5, 0.6) is 0 Å². The average Bonchev–Trinajstić information content (AvgIpc) is 2.44. The summed E-state index contributed by atoms with van der Waals surface area (Å²) >= 11 is 0. The fraction of sp³-hybridized carbons (Fsp3) is 0.900. The molecule has 0 bridgehead atoms. The minimum Gasteiger partial charge on any atom is -0.341 e. The van der Waals surface area contributed by atoms with Crippen LogP contribution in [0.15, 0.2) is 0 Å². The maximum Gasteiger partial charge on any atom is 0.225 e. The summed E-state index contributed by atoms with van der Waals surface area (Å²) in [7, 11) is 2.09. The largest absolute Gasteiger partial charge is 0.341 e. The van der Waals surface area contributed by atoms with Gasteiger partial charge in [-0.3, -0.25) is 4.79 Å². The summed E-state index contributed by atoms with van der Waals surface area (Å²) in [6.07, 6.45) is 1.04. The van der Waals surface area contributed by atoms with Gasteiger partial charge in [-0.2, -0.15) is 0 Å². The summed E-state index contributed by atoms with van der Waals surface area (Å²) in [4.78, 5) is 15.7. The second-order valence-corrected chi connectivity index (χ2v) is 3.91. The van der Waals surface area contributed by atoms with Crippen molar-refractivity contribution in [1.82, 2.24) is 9.80 Å². The monoisotopic (exact) mass is 184 g/mol. The third-order valence-corrected chi connectivity index (χ3v) is 2.86. The number of nitrogens with zero attached hydrogens (tertiary/aromatic N) is 2. The first-order valence-electron chi connectivity index (χ1n) is 5.12. The molecule has 1 aliphatic heterocycles. The number of amides is 1. The lowest BCUT2D eigenvalue weighted by Crippen LogP contribution is -2.34. The zero-order valence-electron chi connectivity index (χ0n) is 8.92. The van der Waals surface area contributed by atoms with Crippen LogP contribution in [0.1, 0.15) is 20.3 Å². The third kappa shape index (κ3) is 2.69. The molecule has 0 aromatic heterocycles. The lowest BCUT2D eigenvalue weighted by molar-refractivity contribution is -0.130. The molecule has 0 N–H and O–H groups in total. The SMILES string of the molecule is CCN(C)CCN1CCC(C)C1=O. The molecule has 0 aromatic rings. The van der Waals surface area contributed by atoms with Gasteiger partial charge in [-0.05, 0) is 20.0 Å². The van der Waals surface area contributed by atoms with E-state index in [0.717, 1.165) is 32.6 Å². The second kappa shape index (κ2) is 4.61. The summed E-state index contributed by atoms with van der Waals surface area (Å²) in [6.45, 7) is 8.05. The maximum atomic E-state index is 11.5. The molecule has 1 saturated heterocycles. The van der Waals surface area contributed by atoms with Crippen molar-refractivity contribution in [2.24, 2.45) is 5.92 Å². The Morgan fingerprint density at radius 1 is 1.62 bits per heavy atom. The molecule has 1 heterocycles. The van der Waals surface area contributed by atoms with Crippen LogP contribution < -0.4 is 0 Å². The molecule has 0 spiro atoms. The van der Waals surface area contributed by atoms with Gasteiger partial charge in [0.25, 0.3) is 0 Å². The van der Waals surface area contributed by atoms with Gasteiger partial charge in [0, 0.05) is 25.6 Å². The highest BCUT2D eigenvalue weighted by atomic mass is 16.2. The first-order chi connectivity index (χ1) is 6.15. The van der Waals surface area contributed by atoms with Crippen molar-refractivity contribution in [2.75, 3.05) is 33.2 Å². The molecule has 1 rings (SSSR count). The first-order valence-corrected chi connectivity index (χ1v) is 5.12. The third-order valence-electron chi connectivity index (χ3n) is 2.86. The van der Waals surface area contributed by atoms with Crippen LogP contribution in [0.2, 0.25) is 0 Å². The smallest absolute Gasteiger partial charge is 0.225 e. The topological polar surface area (TPSA) is 23.6 Å². The summed E-state index contributed by atoms with van der Waals surface area (Å²) in [5.41, 5.74) is 0. The van der Waals surface area contributed by atoms with Crippen LogP contribution in [0.4, 0.5) is 0 Å². The van der Waals surface area contributed by atoms with Crippen molar-refractivity contribution < 1.29 is 4.79 Å². The molecule has 1 fully saturated rings. The highest BCUT2D eigenvalue weighted by Gasteiger charge is 2.27. The predicted octanol–water partition coefficient (Wildman–Crippen LogP) is 0.806. The molecule has 1 aliphatic rings. The molecule has 0 radical (unpaired) electrons. The molecular formula is C10H20N2O. The molecule has 76 valence electrons. The van der Waals surface area contributed by atoms with Gasteiger partial charge in [0.1, 0.15) is 0 Å². The Labute approximate surface area is 80.7 Å². The predicted molar refractivity (Wildman–Crippen MR) is 53.5 cm³/mol. The molecular weight excluding hydrogens is 164 g/mol. The fourth-order valence-corrected chi connectivity index (χ4v) is 1.57. The molecule has 0 aliphatic carbocycles. The molecule has 0 aromatic carbocycles. The van der Waals surface area contributed by atoms with E-state index < -0.39 is 0 Å². The van der Waals surface area contributed by atoms with E-state index in [4.69, 9.17) is 0 Å². The minimum atomic E-state index is 0.256. The number of rotatable bonds is 4. The van der Waals surface area contributed by atoms with Crippen LogP contribution in [0.3, 0.4) is 0 Å². The summed E-state index contributed by atoms with van der Waals surface area (Å²) in [5.74, 6) is 0.594. The summed E-state index contributed by atoms with van der Waals surface area (Å²) < 4.78 is 0. The van der Waals surface area contributed by atoms with Crippen molar-refractivity contribution in [2.45, 2.75) is 20.3 Å². The molecule has 3 nitrogen and oxygen atoms in total. The Balaban J connectivity index is 2.26. The molecule has 1 unspecified atom stereocenters. The number of likely N-dealkylation sites (tertiary alicyclic amines) is 1. The highest BCUT2D eigenvalue weighted by Crippen LogP contribution is 2.16. The Morgan fingerprint density at radius 2 is 2.31 bits per heavy atom. The normalized spacial score (nSPS) is 23.2. The summed E-state index contributed by atoms with van der Waals surface area (Å²) in [5, 5.41) is 0. The van der Waals surface area contributed by atoms with E-state index in [1.54, 1.807) is 0 Å². The van der Waals surface area contributed by atoms with E-state index in [-0.39, 0.29) is 5.92 Å². The minimum absolute atomic E-state index is 0.256. The molecule has 3 heteroatoms. The molecule has 13 heavy (non-hydrogen) atoms. The van der Waals surface area contributed by atoms with E-state index in [0.29, 0.717) is 5.91 Å². The van der Waals surface area contributed by atoms with Gasteiger partial charge in [-0.1, -0.05) is 13.8 Å². The van der Waals surface area contributed by atoms with Crippen molar-refractivity contribution in [3.63, 3.8) is 0 Å².